The van der Waals surface area contributed by atoms with Crippen molar-refractivity contribution in [3.05, 3.63) is 64.7 Å². The molecular weight excluding hydrogens is 310 g/mol. The molecule has 0 unspecified atom stereocenters. The van der Waals surface area contributed by atoms with Crippen molar-refractivity contribution in [2.24, 2.45) is 0 Å². The minimum Gasteiger partial charge on any atom is -0.322 e. The van der Waals surface area contributed by atoms with Gasteiger partial charge in [0.05, 0.1) is 0 Å². The summed E-state index contributed by atoms with van der Waals surface area (Å²) < 4.78 is 0. The molecule has 4 nitrogen and oxygen atoms in total. The molecule has 1 aliphatic rings. The number of hydrogen-bond donors (Lipinski definition) is 1. The highest BCUT2D eigenvalue weighted by molar-refractivity contribution is 5.90. The van der Waals surface area contributed by atoms with Gasteiger partial charge in [0.25, 0.3) is 0 Å². The first-order valence-corrected chi connectivity index (χ1v) is 8.92. The Bertz CT molecular complexity index is 731. The molecule has 2 aromatic rings. The molecule has 0 atom stereocenters. The molecular formula is C21H27N3O. The van der Waals surface area contributed by atoms with E-state index in [0.717, 1.165) is 49.5 Å². The van der Waals surface area contributed by atoms with Crippen LogP contribution in [0, 0.1) is 20.8 Å². The van der Waals surface area contributed by atoms with Crippen molar-refractivity contribution in [3.8, 4) is 0 Å². The zero-order valence-corrected chi connectivity index (χ0v) is 15.4. The zero-order valence-electron chi connectivity index (χ0n) is 15.4. The predicted octanol–water partition coefficient (Wildman–Crippen LogP) is 3.96. The van der Waals surface area contributed by atoms with Crippen LogP contribution in [0.15, 0.2) is 42.5 Å². The number of nitrogens with zero attached hydrogens (tertiary/aromatic N) is 2. The number of amides is 2. The number of nitrogens with one attached hydrogen (secondary N) is 1. The van der Waals surface area contributed by atoms with E-state index in [0.29, 0.717) is 0 Å². The van der Waals surface area contributed by atoms with Gasteiger partial charge in [0.1, 0.15) is 0 Å². The minimum atomic E-state index is 0.00341. The highest BCUT2D eigenvalue weighted by Crippen LogP contribution is 2.17. The lowest BCUT2D eigenvalue weighted by Crippen LogP contribution is -2.49. The van der Waals surface area contributed by atoms with E-state index < -0.39 is 0 Å². The van der Waals surface area contributed by atoms with Gasteiger partial charge >= 0.3 is 6.03 Å². The van der Waals surface area contributed by atoms with Crippen LogP contribution >= 0.6 is 0 Å². The molecule has 0 aromatic heterocycles. The maximum atomic E-state index is 12.5. The Hall–Kier alpha value is -2.33. The zero-order chi connectivity index (χ0) is 17.8. The Morgan fingerprint density at radius 3 is 2.24 bits per heavy atom. The van der Waals surface area contributed by atoms with Crippen molar-refractivity contribution in [1.29, 1.82) is 0 Å². The van der Waals surface area contributed by atoms with E-state index in [9.17, 15) is 4.79 Å². The average Bonchev–Trinajstić information content (AvgIpc) is 2.61. The lowest BCUT2D eigenvalue weighted by molar-refractivity contribution is 0.143. The van der Waals surface area contributed by atoms with Gasteiger partial charge in [0.2, 0.25) is 0 Å². The molecule has 2 aromatic carbocycles. The number of urea groups is 1. The molecule has 1 fully saturated rings. The summed E-state index contributed by atoms with van der Waals surface area (Å²) in [6, 6.07) is 14.8. The number of carbonyl (C=O) groups excluding carboxylic acids is 1. The average molecular weight is 337 g/mol. The molecule has 1 heterocycles. The number of anilines is 1. The van der Waals surface area contributed by atoms with Gasteiger partial charge in [-0.05, 0) is 43.5 Å². The largest absolute Gasteiger partial charge is 0.322 e. The molecule has 1 N–H and O–H groups in total. The van der Waals surface area contributed by atoms with Crippen LogP contribution in [0.5, 0.6) is 0 Å². The third-order valence-electron chi connectivity index (χ3n) is 4.82. The van der Waals surface area contributed by atoms with Crippen LogP contribution in [0.3, 0.4) is 0 Å². The first-order chi connectivity index (χ1) is 12.0. The quantitative estimate of drug-likeness (QED) is 0.920. The van der Waals surface area contributed by atoms with E-state index in [1.54, 1.807) is 0 Å². The topological polar surface area (TPSA) is 35.6 Å². The first-order valence-electron chi connectivity index (χ1n) is 8.92. The summed E-state index contributed by atoms with van der Waals surface area (Å²) in [6.07, 6.45) is 0. The number of rotatable bonds is 3. The summed E-state index contributed by atoms with van der Waals surface area (Å²) in [5, 5.41) is 3.06. The third kappa shape index (κ3) is 4.60. The Labute approximate surface area is 150 Å². The SMILES string of the molecule is Cc1ccc(CN2CCN(C(=O)Nc3cc(C)ccc3C)CC2)cc1. The van der Waals surface area contributed by atoms with Crippen LogP contribution in [0.4, 0.5) is 10.5 Å². The van der Waals surface area contributed by atoms with Gasteiger partial charge in [-0.1, -0.05) is 42.0 Å². The summed E-state index contributed by atoms with van der Waals surface area (Å²) in [6.45, 7) is 10.5. The molecule has 1 aliphatic heterocycles. The minimum absolute atomic E-state index is 0.00341. The van der Waals surface area contributed by atoms with E-state index in [1.165, 1.54) is 11.1 Å². The van der Waals surface area contributed by atoms with Gasteiger partial charge < -0.3 is 10.2 Å². The molecule has 4 heteroatoms. The van der Waals surface area contributed by atoms with Gasteiger partial charge in [-0.2, -0.15) is 0 Å². The Morgan fingerprint density at radius 1 is 0.920 bits per heavy atom. The monoisotopic (exact) mass is 337 g/mol. The normalized spacial score (nSPS) is 15.2. The van der Waals surface area contributed by atoms with E-state index in [-0.39, 0.29) is 6.03 Å². The van der Waals surface area contributed by atoms with Crippen molar-refractivity contribution in [2.75, 3.05) is 31.5 Å². The van der Waals surface area contributed by atoms with Crippen LogP contribution in [-0.4, -0.2) is 42.0 Å². The summed E-state index contributed by atoms with van der Waals surface area (Å²) in [4.78, 5) is 16.8. The van der Waals surface area contributed by atoms with Gasteiger partial charge in [-0.15, -0.1) is 0 Å². The van der Waals surface area contributed by atoms with Gasteiger partial charge in [0, 0.05) is 38.4 Å². The molecule has 0 spiro atoms. The summed E-state index contributed by atoms with van der Waals surface area (Å²) in [7, 11) is 0. The van der Waals surface area contributed by atoms with Crippen molar-refractivity contribution in [3.63, 3.8) is 0 Å². The van der Waals surface area contributed by atoms with Crippen molar-refractivity contribution < 1.29 is 4.79 Å². The van der Waals surface area contributed by atoms with Crippen molar-refractivity contribution >= 4 is 11.7 Å². The van der Waals surface area contributed by atoms with Gasteiger partial charge in [-0.25, -0.2) is 4.79 Å². The molecule has 0 radical (unpaired) electrons. The molecule has 0 saturated carbocycles. The summed E-state index contributed by atoms with van der Waals surface area (Å²) in [5.74, 6) is 0. The van der Waals surface area contributed by atoms with E-state index in [4.69, 9.17) is 0 Å². The Kier molecular flexibility index (Phi) is 5.39. The van der Waals surface area contributed by atoms with Crippen molar-refractivity contribution in [1.82, 2.24) is 9.80 Å². The maximum absolute atomic E-state index is 12.5. The fraction of sp³-hybridized carbons (Fsp3) is 0.381. The van der Waals surface area contributed by atoms with Crippen LogP contribution in [0.2, 0.25) is 0 Å². The number of piperazine rings is 1. The number of hydrogen-bond acceptors (Lipinski definition) is 2. The van der Waals surface area contributed by atoms with E-state index in [1.807, 2.05) is 30.9 Å². The smallest absolute Gasteiger partial charge is 0.321 e. The fourth-order valence-electron chi connectivity index (χ4n) is 3.13. The molecule has 0 bridgehead atoms. The molecule has 1 saturated heterocycles. The number of benzene rings is 2. The lowest BCUT2D eigenvalue weighted by Gasteiger charge is -2.34. The van der Waals surface area contributed by atoms with E-state index >= 15 is 0 Å². The highest BCUT2D eigenvalue weighted by Gasteiger charge is 2.21. The van der Waals surface area contributed by atoms with Crippen LogP contribution in [0.1, 0.15) is 22.3 Å². The van der Waals surface area contributed by atoms with Gasteiger partial charge in [-0.3, -0.25) is 4.90 Å². The highest BCUT2D eigenvalue weighted by atomic mass is 16.2. The standard InChI is InChI=1S/C21H27N3O/c1-16-5-8-19(9-6-16)15-23-10-12-24(13-11-23)21(25)22-20-14-17(2)4-7-18(20)3/h4-9,14H,10-13,15H2,1-3H3,(H,22,25). The third-order valence-corrected chi connectivity index (χ3v) is 4.82. The van der Waals surface area contributed by atoms with Crippen molar-refractivity contribution in [2.45, 2.75) is 27.3 Å². The Morgan fingerprint density at radius 2 is 1.56 bits per heavy atom. The molecule has 2 amide bonds. The summed E-state index contributed by atoms with van der Waals surface area (Å²) >= 11 is 0. The Balaban J connectivity index is 1.52. The number of aryl methyl sites for hydroxylation is 3. The van der Waals surface area contributed by atoms with Crippen LogP contribution in [0.25, 0.3) is 0 Å². The summed E-state index contributed by atoms with van der Waals surface area (Å²) in [5.41, 5.74) is 5.78. The van der Waals surface area contributed by atoms with E-state index in [2.05, 4.69) is 47.5 Å². The second-order valence-electron chi connectivity index (χ2n) is 7.00. The first kappa shape index (κ1) is 17.5. The maximum Gasteiger partial charge on any atom is 0.321 e. The number of carbonyl (C=O) groups is 1. The second kappa shape index (κ2) is 7.70. The fourth-order valence-corrected chi connectivity index (χ4v) is 3.13. The van der Waals surface area contributed by atoms with Crippen LogP contribution in [-0.2, 0) is 6.54 Å². The second-order valence-corrected chi connectivity index (χ2v) is 7.00. The molecule has 0 aliphatic carbocycles. The lowest BCUT2D eigenvalue weighted by atomic mass is 10.1. The molecule has 3 rings (SSSR count). The predicted molar refractivity (Wildman–Crippen MR) is 103 cm³/mol. The molecule has 132 valence electrons. The molecule has 25 heavy (non-hydrogen) atoms. The van der Waals surface area contributed by atoms with Gasteiger partial charge in [0.15, 0.2) is 0 Å². The van der Waals surface area contributed by atoms with Crippen LogP contribution < -0.4 is 5.32 Å².